The summed E-state index contributed by atoms with van der Waals surface area (Å²) >= 11 is 0. The predicted octanol–water partition coefficient (Wildman–Crippen LogP) is 1.13. The number of para-hydroxylation sites is 1. The Balaban J connectivity index is 1.89. The number of amidine groups is 2. The number of hydrogen-bond acceptors (Lipinski definition) is 8. The van der Waals surface area contributed by atoms with E-state index in [0.29, 0.717) is 10.1 Å². The van der Waals surface area contributed by atoms with E-state index in [1.807, 2.05) is 0 Å². The molecule has 0 bridgehead atoms. The zero-order valence-electron chi connectivity index (χ0n) is 13.2. The van der Waals surface area contributed by atoms with Crippen molar-refractivity contribution in [3.8, 4) is 0 Å². The number of rotatable bonds is 4. The maximum absolute atomic E-state index is 13.6. The smallest absolute Gasteiger partial charge is 0.285 e. The molecule has 2 aromatic rings. The van der Waals surface area contributed by atoms with E-state index in [-0.39, 0.29) is 22.1 Å². The number of hydrogen-bond donors (Lipinski definition) is 4. The molecule has 0 atom stereocenters. The number of benzene rings is 2. The molecular formula is C15H14FN7O2S. The van der Waals surface area contributed by atoms with Gasteiger partial charge in [-0.3, -0.25) is 10.8 Å². The Labute approximate surface area is 148 Å². The first kappa shape index (κ1) is 17.4. The first-order valence-electron chi connectivity index (χ1n) is 7.23. The summed E-state index contributed by atoms with van der Waals surface area (Å²) in [6.07, 6.45) is 0. The number of sulfonamides is 1. The predicted molar refractivity (Wildman–Crippen MR) is 96.7 cm³/mol. The molecule has 0 radical (unpaired) electrons. The average Bonchev–Trinajstić information content (AvgIpc) is 2.90. The molecule has 1 heterocycles. The van der Waals surface area contributed by atoms with Crippen molar-refractivity contribution in [1.29, 1.82) is 5.41 Å². The monoisotopic (exact) mass is 375 g/mol. The zero-order chi connectivity index (χ0) is 18.9. The molecule has 0 saturated carbocycles. The van der Waals surface area contributed by atoms with Crippen LogP contribution >= 0.6 is 0 Å². The number of nitrogens with one attached hydrogen (secondary N) is 2. The first-order valence-corrected chi connectivity index (χ1v) is 8.67. The second-order valence-corrected chi connectivity index (χ2v) is 6.97. The van der Waals surface area contributed by atoms with E-state index in [1.165, 1.54) is 42.5 Å². The van der Waals surface area contributed by atoms with Gasteiger partial charge in [0.2, 0.25) is 0 Å². The maximum Gasteiger partial charge on any atom is 0.285 e. The molecule has 11 heteroatoms. The van der Waals surface area contributed by atoms with Crippen molar-refractivity contribution >= 4 is 38.8 Å². The second kappa shape index (κ2) is 6.44. The number of hydrazone groups is 2. The fourth-order valence-corrected chi connectivity index (χ4v) is 3.30. The van der Waals surface area contributed by atoms with Crippen LogP contribution in [-0.2, 0) is 10.0 Å². The Morgan fingerprint density at radius 2 is 1.77 bits per heavy atom. The lowest BCUT2D eigenvalue weighted by Gasteiger charge is -2.14. The molecule has 26 heavy (non-hydrogen) atoms. The summed E-state index contributed by atoms with van der Waals surface area (Å²) in [5, 5.41) is 15.5. The van der Waals surface area contributed by atoms with E-state index in [4.69, 9.17) is 16.9 Å². The van der Waals surface area contributed by atoms with Gasteiger partial charge in [-0.25, -0.2) is 4.39 Å². The van der Waals surface area contributed by atoms with Crippen molar-refractivity contribution in [3.05, 3.63) is 54.3 Å². The van der Waals surface area contributed by atoms with E-state index < -0.39 is 21.7 Å². The highest BCUT2D eigenvalue weighted by Gasteiger charge is 2.36. The molecule has 0 aliphatic carbocycles. The van der Waals surface area contributed by atoms with Gasteiger partial charge in [0.05, 0.1) is 10.6 Å². The van der Waals surface area contributed by atoms with E-state index >= 15 is 0 Å². The largest absolute Gasteiger partial charge is 0.399 e. The van der Waals surface area contributed by atoms with Crippen LogP contribution in [0.1, 0.15) is 0 Å². The first-order chi connectivity index (χ1) is 12.3. The van der Waals surface area contributed by atoms with E-state index in [1.54, 1.807) is 6.07 Å². The van der Waals surface area contributed by atoms with Crippen LogP contribution in [-0.4, -0.2) is 30.2 Å². The number of nitrogens with two attached hydrogens (primary N) is 2. The summed E-state index contributed by atoms with van der Waals surface area (Å²) in [5.41, 5.74) is 13.8. The Morgan fingerprint density at radius 1 is 1.12 bits per heavy atom. The molecule has 0 saturated heterocycles. The summed E-state index contributed by atoms with van der Waals surface area (Å²) < 4.78 is 39.3. The third-order valence-corrected chi connectivity index (χ3v) is 5.01. The number of anilines is 2. The summed E-state index contributed by atoms with van der Waals surface area (Å²) in [7, 11) is -4.16. The van der Waals surface area contributed by atoms with Gasteiger partial charge in [-0.2, -0.15) is 13.5 Å². The third kappa shape index (κ3) is 3.07. The van der Waals surface area contributed by atoms with Crippen molar-refractivity contribution in [2.45, 2.75) is 4.90 Å². The van der Waals surface area contributed by atoms with Crippen LogP contribution in [0, 0.1) is 11.2 Å². The molecule has 2 aromatic carbocycles. The SMILES string of the molecule is N=C1/C(=N/Nc2ccccc2F)C(N)=NN1S(=O)(=O)c1ccc(N)cc1. The van der Waals surface area contributed by atoms with Gasteiger partial charge >= 0.3 is 0 Å². The molecule has 6 N–H and O–H groups in total. The molecule has 134 valence electrons. The fraction of sp³-hybridized carbons (Fsp3) is 0. The molecule has 0 fully saturated rings. The van der Waals surface area contributed by atoms with E-state index in [2.05, 4.69) is 15.6 Å². The molecule has 0 amide bonds. The van der Waals surface area contributed by atoms with Crippen molar-refractivity contribution in [3.63, 3.8) is 0 Å². The van der Waals surface area contributed by atoms with Crippen LogP contribution in [0.4, 0.5) is 15.8 Å². The van der Waals surface area contributed by atoms with Crippen molar-refractivity contribution < 1.29 is 12.8 Å². The van der Waals surface area contributed by atoms with Gasteiger partial charge in [-0.05, 0) is 36.4 Å². The Hall–Kier alpha value is -3.47. The maximum atomic E-state index is 13.6. The third-order valence-electron chi connectivity index (χ3n) is 3.42. The minimum absolute atomic E-state index is 0.0421. The van der Waals surface area contributed by atoms with Crippen LogP contribution in [0.2, 0.25) is 0 Å². The number of halogens is 1. The number of nitrogen functional groups attached to an aromatic ring is 1. The standard InChI is InChI=1S/C15H14FN7O2S/c16-11-3-1-2-4-12(11)20-21-13-14(18)22-23(15(13)19)26(24,25)10-7-5-9(17)6-8-10/h1-8,19-20H,17H2,(H2,18,22)/b19-15?,21-13+. The van der Waals surface area contributed by atoms with Crippen LogP contribution in [0.5, 0.6) is 0 Å². The van der Waals surface area contributed by atoms with Crippen LogP contribution in [0.3, 0.4) is 0 Å². The molecule has 1 aliphatic heterocycles. The van der Waals surface area contributed by atoms with Crippen molar-refractivity contribution in [1.82, 2.24) is 4.41 Å². The molecule has 0 unspecified atom stereocenters. The van der Waals surface area contributed by atoms with Gasteiger partial charge in [-0.15, -0.1) is 9.52 Å². The van der Waals surface area contributed by atoms with Gasteiger partial charge in [0.25, 0.3) is 10.0 Å². The second-order valence-electron chi connectivity index (χ2n) is 5.20. The van der Waals surface area contributed by atoms with Gasteiger partial charge < -0.3 is 11.5 Å². The zero-order valence-corrected chi connectivity index (χ0v) is 14.0. The van der Waals surface area contributed by atoms with Gasteiger partial charge in [0, 0.05) is 5.69 Å². The van der Waals surface area contributed by atoms with E-state index in [0.717, 1.165) is 0 Å². The Bertz CT molecular complexity index is 1030. The average molecular weight is 375 g/mol. The van der Waals surface area contributed by atoms with Crippen molar-refractivity contribution in [2.24, 2.45) is 15.9 Å². The summed E-state index contributed by atoms with van der Waals surface area (Å²) in [5.74, 6) is -1.43. The molecular weight excluding hydrogens is 361 g/mol. The lowest BCUT2D eigenvalue weighted by Crippen LogP contribution is -2.34. The van der Waals surface area contributed by atoms with Gasteiger partial charge in [0.15, 0.2) is 17.4 Å². The summed E-state index contributed by atoms with van der Waals surface area (Å²) in [6, 6.07) is 11.1. The highest BCUT2D eigenvalue weighted by molar-refractivity contribution is 7.89. The normalized spacial score (nSPS) is 16.0. The Morgan fingerprint density at radius 3 is 2.42 bits per heavy atom. The van der Waals surface area contributed by atoms with Crippen LogP contribution in [0.25, 0.3) is 0 Å². The molecule has 9 nitrogen and oxygen atoms in total. The van der Waals surface area contributed by atoms with Crippen molar-refractivity contribution in [2.75, 3.05) is 11.2 Å². The minimum Gasteiger partial charge on any atom is -0.399 e. The quantitative estimate of drug-likeness (QED) is 0.466. The highest BCUT2D eigenvalue weighted by atomic mass is 32.2. The minimum atomic E-state index is -4.16. The summed E-state index contributed by atoms with van der Waals surface area (Å²) in [6.45, 7) is 0. The van der Waals surface area contributed by atoms with Crippen LogP contribution in [0.15, 0.2) is 63.6 Å². The fourth-order valence-electron chi connectivity index (χ4n) is 2.10. The number of nitrogens with zero attached hydrogens (tertiary/aromatic N) is 3. The lowest BCUT2D eigenvalue weighted by atomic mass is 10.3. The lowest BCUT2D eigenvalue weighted by molar-refractivity contribution is 0.537. The summed E-state index contributed by atoms with van der Waals surface area (Å²) in [4.78, 5) is -0.115. The molecule has 3 rings (SSSR count). The highest BCUT2D eigenvalue weighted by Crippen LogP contribution is 2.21. The van der Waals surface area contributed by atoms with Crippen LogP contribution < -0.4 is 16.9 Å². The molecule has 1 aliphatic rings. The van der Waals surface area contributed by atoms with Gasteiger partial charge in [-0.1, -0.05) is 12.1 Å². The molecule has 0 spiro atoms. The molecule has 0 aromatic heterocycles. The van der Waals surface area contributed by atoms with E-state index in [9.17, 15) is 12.8 Å². The topological polar surface area (TPSA) is 150 Å². The Kier molecular flexibility index (Phi) is 4.30. The van der Waals surface area contributed by atoms with Gasteiger partial charge in [0.1, 0.15) is 5.82 Å².